The van der Waals surface area contributed by atoms with E-state index in [0.29, 0.717) is 24.1 Å². The maximum absolute atomic E-state index is 15.1. The van der Waals surface area contributed by atoms with Crippen molar-refractivity contribution >= 4 is 46.6 Å². The molecule has 4 aliphatic rings. The first-order valence-corrected chi connectivity index (χ1v) is 28.3. The number of carbonyl (C=O) groups excluding carboxylic acids is 6. The van der Waals surface area contributed by atoms with E-state index in [1.165, 1.54) is 15.4 Å². The Kier molecular flexibility index (Phi) is 22.0. The molecule has 2 saturated heterocycles. The van der Waals surface area contributed by atoms with Gasteiger partial charge in [-0.3, -0.25) is 28.8 Å². The number of alkyl halides is 4. The van der Waals surface area contributed by atoms with Crippen LogP contribution >= 0.6 is 0 Å². The maximum Gasteiger partial charge on any atom is 0.267 e. The van der Waals surface area contributed by atoms with Gasteiger partial charge < -0.3 is 40.9 Å². The molecule has 4 unspecified atom stereocenters. The Bertz CT molecular complexity index is 2650. The van der Waals surface area contributed by atoms with Gasteiger partial charge in [-0.05, 0) is 112 Å². The summed E-state index contributed by atoms with van der Waals surface area (Å²) < 4.78 is 59.2. The largest absolute Gasteiger partial charge is 0.343 e. The second-order valence-corrected chi connectivity index (χ2v) is 22.2. The highest BCUT2D eigenvalue weighted by Gasteiger charge is 2.51. The number of hydrogen-bond acceptors (Lipinski definition) is 9. The van der Waals surface area contributed by atoms with E-state index in [1.54, 1.807) is 55.4 Å². The summed E-state index contributed by atoms with van der Waals surface area (Å²) in [6.45, 7) is 0.0793. The third kappa shape index (κ3) is 17.4. The quantitative estimate of drug-likeness (QED) is 0.0460. The minimum Gasteiger partial charge on any atom is -0.343 e. The number of nitrogens with one attached hydrogen (secondary N) is 4. The van der Waals surface area contributed by atoms with Crippen molar-refractivity contribution in [2.45, 2.75) is 126 Å². The predicted octanol–water partition coefficient (Wildman–Crippen LogP) is 7.54. The first kappa shape index (κ1) is 60.4. The molecular formula is C61H80F4N8O6. The highest BCUT2D eigenvalue weighted by Crippen LogP contribution is 2.37. The minimum atomic E-state index is -3.13. The van der Waals surface area contributed by atoms with Crippen LogP contribution in [0.1, 0.15) is 109 Å². The van der Waals surface area contributed by atoms with Gasteiger partial charge in [-0.25, -0.2) is 17.6 Å². The van der Waals surface area contributed by atoms with Crippen molar-refractivity contribution < 1.29 is 46.3 Å². The number of likely N-dealkylation sites (N-methyl/N-ethyl adjacent to an activating group) is 3. The summed E-state index contributed by atoms with van der Waals surface area (Å²) in [4.78, 5) is 84.1. The normalized spacial score (nSPS) is 20.0. The van der Waals surface area contributed by atoms with Gasteiger partial charge in [-0.15, -0.1) is 0 Å². The van der Waals surface area contributed by atoms with Crippen LogP contribution in [-0.2, 0) is 32.0 Å². The molecule has 14 nitrogen and oxygen atoms in total. The van der Waals surface area contributed by atoms with Crippen LogP contribution in [0.2, 0.25) is 0 Å². The Hall–Kier alpha value is -6.24. The van der Waals surface area contributed by atoms with Gasteiger partial charge in [-0.2, -0.15) is 0 Å². The fourth-order valence-corrected chi connectivity index (χ4v) is 12.0. The molecule has 79 heavy (non-hydrogen) atoms. The van der Waals surface area contributed by atoms with E-state index in [2.05, 4.69) is 33.4 Å². The van der Waals surface area contributed by atoms with Gasteiger partial charge >= 0.3 is 0 Å². The standard InChI is InChI=1S/C36H42F2N4O4.C25H38F2N4O2/c1-39-21-32(44)40-33(27-10-6-3-7-11-27)35(46)42-24-36(37,38)20-31(42)22-41(17-16-25-8-4-2-5-9-25)34(45)30-15-14-28-18-26(23-43)12-13-29(28)19-30;1-28-16-22(32)29-23(20-11-7-4-8-12-20)24(33)31-18-25(26,27)15-21(31)17-30(2)14-13-19-9-5-3-6-10-19/h2,4-5,8-9,12-15,18-19,23,27,31,33,39H,3,6-7,10-11,16-17,20-22,24H2,1H3,(H,40,44);3,5-6,9-10,20-21,23,28H,4,7-8,11-18H2,1-2H3,(H,29,32). The average molecular weight is 1100 g/mol. The minimum absolute atomic E-state index is 0.00209. The van der Waals surface area contributed by atoms with Crippen LogP contribution < -0.4 is 21.3 Å². The zero-order chi connectivity index (χ0) is 56.5. The predicted molar refractivity (Wildman–Crippen MR) is 298 cm³/mol. The lowest BCUT2D eigenvalue weighted by Gasteiger charge is -2.36. The zero-order valence-corrected chi connectivity index (χ0v) is 46.1. The fourth-order valence-electron chi connectivity index (χ4n) is 12.0. The van der Waals surface area contributed by atoms with Crippen LogP contribution in [0.15, 0.2) is 97.1 Å². The molecule has 4 atom stereocenters. The van der Waals surface area contributed by atoms with E-state index in [9.17, 15) is 37.5 Å². The molecule has 2 heterocycles. The number of likely N-dealkylation sites (tertiary alicyclic amines) is 2. The number of rotatable bonds is 22. The van der Waals surface area contributed by atoms with Gasteiger partial charge in [0.25, 0.3) is 17.8 Å². The number of benzene rings is 4. The van der Waals surface area contributed by atoms with Crippen LogP contribution in [0.4, 0.5) is 17.6 Å². The van der Waals surface area contributed by atoms with Crippen molar-refractivity contribution in [3.8, 4) is 0 Å². The van der Waals surface area contributed by atoms with E-state index in [0.717, 1.165) is 99.8 Å². The molecule has 18 heteroatoms. The number of fused-ring (bicyclic) bond motifs is 1. The molecule has 0 radical (unpaired) electrons. The molecule has 8 rings (SSSR count). The second-order valence-electron chi connectivity index (χ2n) is 22.2. The summed E-state index contributed by atoms with van der Waals surface area (Å²) in [5.41, 5.74) is 3.10. The van der Waals surface area contributed by atoms with Gasteiger partial charge in [0.2, 0.25) is 23.6 Å². The molecule has 4 aromatic carbocycles. The Morgan fingerprint density at radius 1 is 0.608 bits per heavy atom. The average Bonchev–Trinajstić information content (AvgIpc) is 4.10. The monoisotopic (exact) mass is 1100 g/mol. The third-order valence-corrected chi connectivity index (χ3v) is 16.0. The highest BCUT2D eigenvalue weighted by molar-refractivity contribution is 5.99. The van der Waals surface area contributed by atoms with Crippen molar-refractivity contribution in [2.75, 3.05) is 73.5 Å². The molecule has 2 saturated carbocycles. The van der Waals surface area contributed by atoms with Gasteiger partial charge in [0.05, 0.1) is 38.3 Å². The third-order valence-electron chi connectivity index (χ3n) is 16.0. The summed E-state index contributed by atoms with van der Waals surface area (Å²) in [5, 5.41) is 12.9. The Morgan fingerprint density at radius 2 is 1.06 bits per heavy atom. The summed E-state index contributed by atoms with van der Waals surface area (Å²) in [7, 11) is 5.21. The molecule has 4 aromatic rings. The molecule has 0 bridgehead atoms. The summed E-state index contributed by atoms with van der Waals surface area (Å²) in [6, 6.07) is 26.9. The molecule has 0 spiro atoms. The lowest BCUT2D eigenvalue weighted by Crippen LogP contribution is -2.56. The van der Waals surface area contributed by atoms with Crippen LogP contribution in [0.5, 0.6) is 0 Å². The molecule has 4 fully saturated rings. The van der Waals surface area contributed by atoms with Crippen molar-refractivity contribution in [3.05, 3.63) is 119 Å². The first-order valence-electron chi connectivity index (χ1n) is 28.3. The van der Waals surface area contributed by atoms with E-state index < -0.39 is 61.4 Å². The van der Waals surface area contributed by atoms with E-state index in [1.807, 2.05) is 60.5 Å². The molecule has 5 amide bonds. The van der Waals surface area contributed by atoms with E-state index >= 15 is 8.78 Å². The van der Waals surface area contributed by atoms with Gasteiger partial charge in [-0.1, -0.05) is 117 Å². The number of hydrogen-bond donors (Lipinski definition) is 4. The molecule has 428 valence electrons. The summed E-state index contributed by atoms with van der Waals surface area (Å²) >= 11 is 0. The second kappa shape index (κ2) is 28.8. The first-order chi connectivity index (χ1) is 38.0. The molecule has 0 aromatic heterocycles. The number of aldehydes is 1. The van der Waals surface area contributed by atoms with Crippen molar-refractivity contribution in [3.63, 3.8) is 0 Å². The Labute approximate surface area is 462 Å². The van der Waals surface area contributed by atoms with Crippen LogP contribution in [-0.4, -0.2) is 165 Å². The van der Waals surface area contributed by atoms with Crippen molar-refractivity contribution in [1.29, 1.82) is 0 Å². The number of amides is 5. The molecular weight excluding hydrogens is 1020 g/mol. The molecule has 2 aliphatic heterocycles. The van der Waals surface area contributed by atoms with Crippen molar-refractivity contribution in [1.82, 2.24) is 40.9 Å². The fraction of sp³-hybridized carbons (Fsp3) is 0.541. The van der Waals surface area contributed by atoms with E-state index in [4.69, 9.17) is 0 Å². The number of halogens is 4. The lowest BCUT2D eigenvalue weighted by molar-refractivity contribution is -0.140. The molecule has 2 aliphatic carbocycles. The highest BCUT2D eigenvalue weighted by atomic mass is 19.3. The van der Waals surface area contributed by atoms with Crippen LogP contribution in [0.3, 0.4) is 0 Å². The summed E-state index contributed by atoms with van der Waals surface area (Å²) in [6.07, 6.45) is 10.3. The van der Waals surface area contributed by atoms with Gasteiger partial charge in [0.15, 0.2) is 0 Å². The lowest BCUT2D eigenvalue weighted by atomic mass is 9.83. The number of carbonyl (C=O) groups is 6. The Balaban J connectivity index is 0.000000242. The maximum atomic E-state index is 15.1. The zero-order valence-electron chi connectivity index (χ0n) is 46.1. The Morgan fingerprint density at radius 3 is 1.54 bits per heavy atom. The van der Waals surface area contributed by atoms with E-state index in [-0.39, 0.29) is 68.1 Å². The number of nitrogens with zero attached hydrogens (tertiary/aromatic N) is 4. The van der Waals surface area contributed by atoms with Crippen LogP contribution in [0, 0.1) is 11.8 Å². The topological polar surface area (TPSA) is 163 Å². The van der Waals surface area contributed by atoms with Crippen LogP contribution in [0.25, 0.3) is 10.8 Å². The van der Waals surface area contributed by atoms with Crippen molar-refractivity contribution in [2.24, 2.45) is 11.8 Å². The molecule has 4 N–H and O–H groups in total. The van der Waals surface area contributed by atoms with Gasteiger partial charge in [0, 0.05) is 50.1 Å². The summed E-state index contributed by atoms with van der Waals surface area (Å²) in [5.74, 6) is -7.99. The SMILES string of the molecule is CNCC(=O)NC(C(=O)N1CC(F)(F)CC1CN(C)CCc1ccccc1)C1CCCCC1.CNCC(=O)NC(C(=O)N1CC(F)(F)CC1CN(CCc1ccccc1)C(=O)c1ccc2cc(C=O)ccc2c1)C1CCCCC1. The van der Waals surface area contributed by atoms with Gasteiger partial charge in [0.1, 0.15) is 18.4 Å². The smallest absolute Gasteiger partial charge is 0.267 e.